The molecule has 0 aliphatic carbocycles. The summed E-state index contributed by atoms with van der Waals surface area (Å²) < 4.78 is 10.6. The molecule has 0 aromatic heterocycles. The van der Waals surface area contributed by atoms with Crippen molar-refractivity contribution in [2.24, 2.45) is 0 Å². The van der Waals surface area contributed by atoms with Crippen molar-refractivity contribution in [2.75, 3.05) is 26.9 Å². The molecule has 1 rings (SSSR count). The highest BCUT2D eigenvalue weighted by Crippen LogP contribution is 2.20. The van der Waals surface area contributed by atoms with Crippen molar-refractivity contribution in [1.82, 2.24) is 5.32 Å². The number of rotatable bonds is 9. The highest BCUT2D eigenvalue weighted by molar-refractivity contribution is 5.29. The van der Waals surface area contributed by atoms with Crippen molar-refractivity contribution < 1.29 is 9.47 Å². The number of benzene rings is 1. The maximum atomic E-state index is 5.64. The molecule has 0 fully saturated rings. The standard InChI is InChI=1S/C15H25NO2/c1-4-15(16-5-2)13-7-9-14(10-8-13)18-12-6-11-17-3/h7-10,15-16H,4-6,11-12H2,1-3H3. The summed E-state index contributed by atoms with van der Waals surface area (Å²) >= 11 is 0. The van der Waals surface area contributed by atoms with E-state index >= 15 is 0 Å². The quantitative estimate of drug-likeness (QED) is 0.684. The van der Waals surface area contributed by atoms with Crippen molar-refractivity contribution >= 4 is 0 Å². The highest BCUT2D eigenvalue weighted by atomic mass is 16.5. The Morgan fingerprint density at radius 2 is 1.83 bits per heavy atom. The van der Waals surface area contributed by atoms with Gasteiger partial charge in [-0.1, -0.05) is 26.0 Å². The van der Waals surface area contributed by atoms with Crippen LogP contribution in [0, 0.1) is 0 Å². The van der Waals surface area contributed by atoms with E-state index in [1.54, 1.807) is 7.11 Å². The second-order valence-electron chi connectivity index (χ2n) is 4.28. The van der Waals surface area contributed by atoms with Crippen LogP contribution in [-0.2, 0) is 4.74 Å². The molecule has 0 aliphatic heterocycles. The summed E-state index contributed by atoms with van der Waals surface area (Å²) in [5.74, 6) is 0.932. The van der Waals surface area contributed by atoms with Gasteiger partial charge in [0.05, 0.1) is 6.61 Å². The van der Waals surface area contributed by atoms with Gasteiger partial charge in [-0.15, -0.1) is 0 Å². The predicted octanol–water partition coefficient (Wildman–Crippen LogP) is 3.16. The molecule has 1 atom stereocenters. The first-order valence-electron chi connectivity index (χ1n) is 6.76. The molecule has 0 aliphatic rings. The summed E-state index contributed by atoms with van der Waals surface area (Å²) in [5, 5.41) is 3.47. The maximum absolute atomic E-state index is 5.64. The fourth-order valence-corrected chi connectivity index (χ4v) is 1.93. The van der Waals surface area contributed by atoms with Crippen molar-refractivity contribution in [3.63, 3.8) is 0 Å². The van der Waals surface area contributed by atoms with Gasteiger partial charge in [-0.2, -0.15) is 0 Å². The van der Waals surface area contributed by atoms with Gasteiger partial charge in [-0.05, 0) is 30.7 Å². The molecule has 1 N–H and O–H groups in total. The first-order chi connectivity index (χ1) is 8.81. The van der Waals surface area contributed by atoms with Gasteiger partial charge in [-0.3, -0.25) is 0 Å². The van der Waals surface area contributed by atoms with E-state index in [9.17, 15) is 0 Å². The lowest BCUT2D eigenvalue weighted by Crippen LogP contribution is -2.19. The van der Waals surface area contributed by atoms with Gasteiger partial charge < -0.3 is 14.8 Å². The monoisotopic (exact) mass is 251 g/mol. The van der Waals surface area contributed by atoms with E-state index in [0.717, 1.165) is 31.7 Å². The van der Waals surface area contributed by atoms with Gasteiger partial charge in [0.15, 0.2) is 0 Å². The topological polar surface area (TPSA) is 30.5 Å². The predicted molar refractivity (Wildman–Crippen MR) is 75.1 cm³/mol. The Morgan fingerprint density at radius 3 is 2.39 bits per heavy atom. The first-order valence-corrected chi connectivity index (χ1v) is 6.76. The molecule has 1 unspecified atom stereocenters. The van der Waals surface area contributed by atoms with Crippen LogP contribution in [0.15, 0.2) is 24.3 Å². The van der Waals surface area contributed by atoms with Crippen LogP contribution in [0.25, 0.3) is 0 Å². The Labute approximate surface area is 110 Å². The number of nitrogens with one attached hydrogen (secondary N) is 1. The molecule has 0 radical (unpaired) electrons. The van der Waals surface area contributed by atoms with Crippen LogP contribution < -0.4 is 10.1 Å². The fraction of sp³-hybridized carbons (Fsp3) is 0.600. The Balaban J connectivity index is 2.45. The molecule has 102 valence electrons. The van der Waals surface area contributed by atoms with Crippen LogP contribution in [0.2, 0.25) is 0 Å². The summed E-state index contributed by atoms with van der Waals surface area (Å²) in [6.07, 6.45) is 2.02. The summed E-state index contributed by atoms with van der Waals surface area (Å²) in [6, 6.07) is 8.81. The normalized spacial score (nSPS) is 12.4. The smallest absolute Gasteiger partial charge is 0.119 e. The molecule has 18 heavy (non-hydrogen) atoms. The van der Waals surface area contributed by atoms with Crippen LogP contribution in [0.4, 0.5) is 0 Å². The molecule has 0 spiro atoms. The zero-order valence-corrected chi connectivity index (χ0v) is 11.7. The molecule has 0 bridgehead atoms. The summed E-state index contributed by atoms with van der Waals surface area (Å²) in [4.78, 5) is 0. The SMILES string of the molecule is CCNC(CC)c1ccc(OCCCOC)cc1. The third-order valence-electron chi connectivity index (χ3n) is 2.90. The number of hydrogen-bond donors (Lipinski definition) is 1. The van der Waals surface area contributed by atoms with Crippen LogP contribution in [0.3, 0.4) is 0 Å². The summed E-state index contributed by atoms with van der Waals surface area (Å²) in [5.41, 5.74) is 1.32. The van der Waals surface area contributed by atoms with Crippen LogP contribution in [0.1, 0.15) is 38.3 Å². The van der Waals surface area contributed by atoms with E-state index in [0.29, 0.717) is 12.6 Å². The molecule has 0 saturated heterocycles. The van der Waals surface area contributed by atoms with Crippen LogP contribution in [0.5, 0.6) is 5.75 Å². The van der Waals surface area contributed by atoms with E-state index in [1.807, 2.05) is 12.1 Å². The number of ether oxygens (including phenoxy) is 2. The Hall–Kier alpha value is -1.06. The Kier molecular flexibility index (Phi) is 7.46. The van der Waals surface area contributed by atoms with Gasteiger partial charge in [-0.25, -0.2) is 0 Å². The summed E-state index contributed by atoms with van der Waals surface area (Å²) in [6.45, 7) is 6.78. The summed E-state index contributed by atoms with van der Waals surface area (Å²) in [7, 11) is 1.71. The van der Waals surface area contributed by atoms with Gasteiger partial charge in [0.1, 0.15) is 5.75 Å². The Bertz CT molecular complexity index is 311. The van der Waals surface area contributed by atoms with Crippen molar-refractivity contribution in [2.45, 2.75) is 32.7 Å². The van der Waals surface area contributed by atoms with Crippen molar-refractivity contribution in [3.8, 4) is 5.75 Å². The lowest BCUT2D eigenvalue weighted by Gasteiger charge is -2.16. The molecule has 1 aromatic carbocycles. The molecule has 0 saturated carbocycles. The van der Waals surface area contributed by atoms with Crippen LogP contribution in [-0.4, -0.2) is 26.9 Å². The third-order valence-corrected chi connectivity index (χ3v) is 2.90. The van der Waals surface area contributed by atoms with Gasteiger partial charge in [0, 0.05) is 26.2 Å². The van der Waals surface area contributed by atoms with Crippen molar-refractivity contribution in [1.29, 1.82) is 0 Å². The van der Waals surface area contributed by atoms with E-state index in [4.69, 9.17) is 9.47 Å². The van der Waals surface area contributed by atoms with Crippen molar-refractivity contribution in [3.05, 3.63) is 29.8 Å². The molecular formula is C15H25NO2. The molecule has 3 nitrogen and oxygen atoms in total. The second-order valence-corrected chi connectivity index (χ2v) is 4.28. The third kappa shape index (κ3) is 5.07. The average Bonchev–Trinajstić information content (AvgIpc) is 2.42. The fourth-order valence-electron chi connectivity index (χ4n) is 1.93. The minimum atomic E-state index is 0.442. The van der Waals surface area contributed by atoms with E-state index in [-0.39, 0.29) is 0 Å². The maximum Gasteiger partial charge on any atom is 0.119 e. The number of hydrogen-bond acceptors (Lipinski definition) is 3. The zero-order chi connectivity index (χ0) is 13.2. The Morgan fingerprint density at radius 1 is 1.11 bits per heavy atom. The minimum Gasteiger partial charge on any atom is -0.494 e. The molecular weight excluding hydrogens is 226 g/mol. The van der Waals surface area contributed by atoms with Gasteiger partial charge in [0.25, 0.3) is 0 Å². The average molecular weight is 251 g/mol. The second kappa shape index (κ2) is 8.95. The van der Waals surface area contributed by atoms with E-state index in [1.165, 1.54) is 5.56 Å². The lowest BCUT2D eigenvalue weighted by atomic mass is 10.0. The van der Waals surface area contributed by atoms with Gasteiger partial charge >= 0.3 is 0 Å². The molecule has 3 heteroatoms. The van der Waals surface area contributed by atoms with Crippen LogP contribution >= 0.6 is 0 Å². The van der Waals surface area contributed by atoms with Gasteiger partial charge in [0.2, 0.25) is 0 Å². The number of methoxy groups -OCH3 is 1. The highest BCUT2D eigenvalue weighted by Gasteiger charge is 2.07. The largest absolute Gasteiger partial charge is 0.494 e. The minimum absolute atomic E-state index is 0.442. The van der Waals surface area contributed by atoms with E-state index in [2.05, 4.69) is 31.3 Å². The molecule has 0 amide bonds. The molecule has 1 aromatic rings. The first kappa shape index (κ1) is 15.0. The molecule has 0 heterocycles. The van der Waals surface area contributed by atoms with E-state index < -0.39 is 0 Å². The zero-order valence-electron chi connectivity index (χ0n) is 11.7. The lowest BCUT2D eigenvalue weighted by molar-refractivity contribution is 0.172.